The van der Waals surface area contributed by atoms with Gasteiger partial charge in [0.25, 0.3) is 0 Å². The van der Waals surface area contributed by atoms with Crippen molar-refractivity contribution in [3.8, 4) is 11.8 Å². The normalized spacial score (nSPS) is 10.8. The Bertz CT molecular complexity index is 712. The van der Waals surface area contributed by atoms with E-state index in [1.807, 2.05) is 6.07 Å². The van der Waals surface area contributed by atoms with Crippen LogP contribution in [-0.2, 0) is 4.79 Å². The fraction of sp³-hybridized carbons (Fsp3) is 0. The molecule has 0 aliphatic rings. The Kier molecular flexibility index (Phi) is 3.82. The van der Waals surface area contributed by atoms with E-state index in [0.717, 1.165) is 0 Å². The number of carboxylic acids is 1. The lowest BCUT2D eigenvalue weighted by Gasteiger charge is -2.04. The Morgan fingerprint density at radius 2 is 1.85 bits per heavy atom. The molecular formula is C16H11NO3. The van der Waals surface area contributed by atoms with Crippen LogP contribution >= 0.6 is 0 Å². The Balaban J connectivity index is 2.59. The monoisotopic (exact) mass is 265 g/mol. The molecule has 0 fully saturated rings. The number of phenols is 1. The number of aliphatic carboxylic acids is 1. The second-order valence-corrected chi connectivity index (χ2v) is 4.11. The van der Waals surface area contributed by atoms with Gasteiger partial charge >= 0.3 is 5.97 Å². The summed E-state index contributed by atoms with van der Waals surface area (Å²) in [6, 6.07) is 14.8. The van der Waals surface area contributed by atoms with Crippen molar-refractivity contribution in [1.82, 2.24) is 0 Å². The van der Waals surface area contributed by atoms with Crippen molar-refractivity contribution in [2.75, 3.05) is 0 Å². The molecule has 0 aliphatic heterocycles. The van der Waals surface area contributed by atoms with Crippen LogP contribution in [0.5, 0.6) is 5.75 Å². The molecule has 0 spiro atoms. The lowest BCUT2D eigenvalue weighted by atomic mass is 10.00. The highest BCUT2D eigenvalue weighted by atomic mass is 16.4. The van der Waals surface area contributed by atoms with Crippen LogP contribution < -0.4 is 0 Å². The molecule has 2 aromatic rings. The molecule has 2 rings (SSSR count). The highest BCUT2D eigenvalue weighted by molar-refractivity contribution is 6.20. The Morgan fingerprint density at radius 1 is 1.15 bits per heavy atom. The van der Waals surface area contributed by atoms with Crippen LogP contribution in [0.2, 0.25) is 0 Å². The largest absolute Gasteiger partial charge is 0.508 e. The predicted molar refractivity (Wildman–Crippen MR) is 74.8 cm³/mol. The highest BCUT2D eigenvalue weighted by Gasteiger charge is 2.11. The first kappa shape index (κ1) is 13.4. The number of benzene rings is 2. The molecule has 0 saturated carbocycles. The van der Waals surface area contributed by atoms with Crippen molar-refractivity contribution in [3.63, 3.8) is 0 Å². The zero-order valence-corrected chi connectivity index (χ0v) is 10.4. The smallest absolute Gasteiger partial charge is 0.336 e. The van der Waals surface area contributed by atoms with Gasteiger partial charge in [0.1, 0.15) is 5.75 Å². The maximum atomic E-state index is 11.4. The van der Waals surface area contributed by atoms with Crippen LogP contribution in [0.3, 0.4) is 0 Å². The van der Waals surface area contributed by atoms with Crippen molar-refractivity contribution in [3.05, 3.63) is 65.2 Å². The zero-order valence-electron chi connectivity index (χ0n) is 10.4. The lowest BCUT2D eigenvalue weighted by molar-refractivity contribution is -0.130. The second-order valence-electron chi connectivity index (χ2n) is 4.11. The fourth-order valence-corrected chi connectivity index (χ4v) is 1.81. The van der Waals surface area contributed by atoms with Crippen molar-refractivity contribution < 1.29 is 15.0 Å². The molecule has 2 N–H and O–H groups in total. The van der Waals surface area contributed by atoms with Crippen LogP contribution in [0, 0.1) is 11.3 Å². The van der Waals surface area contributed by atoms with Crippen LogP contribution in [0.25, 0.3) is 11.6 Å². The molecule has 0 atom stereocenters. The summed E-state index contributed by atoms with van der Waals surface area (Å²) in [4.78, 5) is 11.4. The van der Waals surface area contributed by atoms with E-state index in [9.17, 15) is 15.0 Å². The Hall–Kier alpha value is -3.06. The van der Waals surface area contributed by atoms with Gasteiger partial charge in [-0.3, -0.25) is 0 Å². The molecule has 4 nitrogen and oxygen atoms in total. The minimum absolute atomic E-state index is 0.0203. The highest BCUT2D eigenvalue weighted by Crippen LogP contribution is 2.23. The van der Waals surface area contributed by atoms with Crippen LogP contribution in [0.1, 0.15) is 16.7 Å². The topological polar surface area (TPSA) is 81.3 Å². The minimum atomic E-state index is -1.09. The van der Waals surface area contributed by atoms with Gasteiger partial charge in [0, 0.05) is 0 Å². The molecule has 98 valence electrons. The minimum Gasteiger partial charge on any atom is -0.508 e. The molecule has 0 unspecified atom stereocenters. The molecule has 20 heavy (non-hydrogen) atoms. The third-order valence-corrected chi connectivity index (χ3v) is 2.77. The van der Waals surface area contributed by atoms with E-state index in [4.69, 9.17) is 5.26 Å². The number of hydrogen-bond donors (Lipinski definition) is 2. The maximum Gasteiger partial charge on any atom is 0.336 e. The SMILES string of the molecule is N#Cc1ccc(O)cc1/C=C(/C(=O)O)c1ccccc1. The number of rotatable bonds is 3. The van der Waals surface area contributed by atoms with Gasteiger partial charge < -0.3 is 10.2 Å². The Labute approximate surface area is 115 Å². The van der Waals surface area contributed by atoms with Crippen molar-refractivity contribution in [2.45, 2.75) is 0 Å². The molecule has 0 aromatic heterocycles. The van der Waals surface area contributed by atoms with Gasteiger partial charge in [0.15, 0.2) is 0 Å². The average Bonchev–Trinajstić information content (AvgIpc) is 2.45. The summed E-state index contributed by atoms with van der Waals surface area (Å²) in [7, 11) is 0. The second kappa shape index (κ2) is 5.72. The van der Waals surface area contributed by atoms with Crippen LogP contribution in [-0.4, -0.2) is 16.2 Å². The van der Waals surface area contributed by atoms with Gasteiger partial charge in [-0.2, -0.15) is 5.26 Å². The quantitative estimate of drug-likeness (QED) is 0.660. The Morgan fingerprint density at radius 3 is 2.45 bits per heavy atom. The predicted octanol–water partition coefficient (Wildman–Crippen LogP) is 2.89. The summed E-state index contributed by atoms with van der Waals surface area (Å²) < 4.78 is 0. The number of phenolic OH excluding ortho intramolecular Hbond substituents is 1. The van der Waals surface area contributed by atoms with Gasteiger partial charge in [-0.1, -0.05) is 30.3 Å². The van der Waals surface area contributed by atoms with Crippen LogP contribution in [0.4, 0.5) is 0 Å². The van der Waals surface area contributed by atoms with E-state index in [-0.39, 0.29) is 11.3 Å². The van der Waals surface area contributed by atoms with E-state index in [0.29, 0.717) is 16.7 Å². The van der Waals surface area contributed by atoms with E-state index in [1.54, 1.807) is 30.3 Å². The van der Waals surface area contributed by atoms with Gasteiger partial charge in [0.05, 0.1) is 17.2 Å². The fourth-order valence-electron chi connectivity index (χ4n) is 1.81. The first-order valence-corrected chi connectivity index (χ1v) is 5.85. The van der Waals surface area contributed by atoms with Gasteiger partial charge in [-0.05, 0) is 35.4 Å². The van der Waals surface area contributed by atoms with Crippen LogP contribution in [0.15, 0.2) is 48.5 Å². The van der Waals surface area contributed by atoms with E-state index in [1.165, 1.54) is 24.3 Å². The maximum absolute atomic E-state index is 11.4. The zero-order chi connectivity index (χ0) is 14.5. The van der Waals surface area contributed by atoms with Gasteiger partial charge in [-0.15, -0.1) is 0 Å². The molecule has 0 bridgehead atoms. The van der Waals surface area contributed by atoms with Crippen molar-refractivity contribution >= 4 is 17.6 Å². The number of carbonyl (C=O) groups is 1. The summed E-state index contributed by atoms with van der Waals surface area (Å²) in [6.07, 6.45) is 1.38. The summed E-state index contributed by atoms with van der Waals surface area (Å²) in [5.74, 6) is -1.11. The first-order valence-electron chi connectivity index (χ1n) is 5.85. The third-order valence-electron chi connectivity index (χ3n) is 2.77. The van der Waals surface area contributed by atoms with Gasteiger partial charge in [0.2, 0.25) is 0 Å². The molecule has 0 amide bonds. The summed E-state index contributed by atoms with van der Waals surface area (Å²) >= 11 is 0. The summed E-state index contributed by atoms with van der Waals surface area (Å²) in [5, 5.41) is 27.8. The van der Waals surface area contributed by atoms with E-state index < -0.39 is 5.97 Å². The number of nitriles is 1. The lowest BCUT2D eigenvalue weighted by Crippen LogP contribution is -1.99. The molecule has 0 radical (unpaired) electrons. The van der Waals surface area contributed by atoms with Crippen molar-refractivity contribution in [1.29, 1.82) is 5.26 Å². The molecular weight excluding hydrogens is 254 g/mol. The van der Waals surface area contributed by atoms with Crippen molar-refractivity contribution in [2.24, 2.45) is 0 Å². The van der Waals surface area contributed by atoms with E-state index >= 15 is 0 Å². The molecule has 0 saturated heterocycles. The third kappa shape index (κ3) is 2.85. The number of aromatic hydroxyl groups is 1. The molecule has 0 aliphatic carbocycles. The standard InChI is InChI=1S/C16H11NO3/c17-10-12-6-7-14(18)8-13(12)9-15(16(19)20)11-4-2-1-3-5-11/h1-9,18H,(H,19,20)/b15-9+. The van der Waals surface area contributed by atoms with E-state index in [2.05, 4.69) is 0 Å². The number of hydrogen-bond acceptors (Lipinski definition) is 3. The first-order chi connectivity index (χ1) is 9.61. The molecule has 2 aromatic carbocycles. The summed E-state index contributed by atoms with van der Waals surface area (Å²) in [6.45, 7) is 0. The molecule has 4 heteroatoms. The van der Waals surface area contributed by atoms with Gasteiger partial charge in [-0.25, -0.2) is 4.79 Å². The molecule has 0 heterocycles. The number of nitrogens with zero attached hydrogens (tertiary/aromatic N) is 1. The average molecular weight is 265 g/mol. The number of carboxylic acid groups (broad SMARTS) is 1. The summed E-state index contributed by atoms with van der Waals surface area (Å²) in [5.41, 5.74) is 1.27.